The summed E-state index contributed by atoms with van der Waals surface area (Å²) in [4.78, 5) is 30.4. The molecule has 10 heteroatoms. The van der Waals surface area contributed by atoms with E-state index >= 15 is 0 Å². The van der Waals surface area contributed by atoms with E-state index in [2.05, 4.69) is 26.7 Å². The second-order valence-corrected chi connectivity index (χ2v) is 8.70. The molecule has 0 aliphatic carbocycles. The number of benzene rings is 1. The zero-order valence-corrected chi connectivity index (χ0v) is 19.0. The van der Waals surface area contributed by atoms with E-state index < -0.39 is 11.7 Å². The van der Waals surface area contributed by atoms with Crippen molar-refractivity contribution in [3.05, 3.63) is 47.2 Å². The molecule has 1 aromatic carbocycles. The topological polar surface area (TPSA) is 55.8 Å². The average Bonchev–Trinajstić information content (AvgIpc) is 2.79. The van der Waals surface area contributed by atoms with E-state index in [1.54, 1.807) is 11.0 Å². The van der Waals surface area contributed by atoms with Gasteiger partial charge in [0.15, 0.2) is 0 Å². The van der Waals surface area contributed by atoms with Crippen LogP contribution < -0.4 is 9.80 Å². The van der Waals surface area contributed by atoms with Crippen LogP contribution in [0.4, 0.5) is 24.9 Å². The van der Waals surface area contributed by atoms with Gasteiger partial charge >= 0.3 is 6.18 Å². The first-order valence-corrected chi connectivity index (χ1v) is 11.2. The Kier molecular flexibility index (Phi) is 6.73. The molecule has 0 atom stereocenters. The van der Waals surface area contributed by atoms with Crippen molar-refractivity contribution in [1.82, 2.24) is 19.8 Å². The van der Waals surface area contributed by atoms with Gasteiger partial charge in [-0.2, -0.15) is 18.2 Å². The summed E-state index contributed by atoms with van der Waals surface area (Å²) in [6, 6.07) is 6.98. The van der Waals surface area contributed by atoms with E-state index in [9.17, 15) is 18.0 Å². The van der Waals surface area contributed by atoms with Gasteiger partial charge in [0.2, 0.25) is 11.9 Å². The standard InChI is InChI=1S/C23H29F3N6O/c1-17-14-20(30-8-6-29(2)7-9-30)28-22(27-17)32-12-10-31(11-13-32)21(33)16-18-4-3-5-19(15-18)23(24,25)26/h3-5,14-15H,6-13,16H2,1-2H3. The first-order chi connectivity index (χ1) is 15.7. The predicted molar refractivity (Wildman–Crippen MR) is 120 cm³/mol. The summed E-state index contributed by atoms with van der Waals surface area (Å²) in [7, 11) is 2.11. The Balaban J connectivity index is 1.36. The molecule has 2 fully saturated rings. The van der Waals surface area contributed by atoms with E-state index in [0.29, 0.717) is 37.7 Å². The van der Waals surface area contributed by atoms with E-state index in [1.165, 1.54) is 6.07 Å². The van der Waals surface area contributed by atoms with Gasteiger partial charge in [-0.1, -0.05) is 18.2 Å². The fourth-order valence-electron chi connectivity index (χ4n) is 4.18. The summed E-state index contributed by atoms with van der Waals surface area (Å²) in [6.45, 7) is 7.92. The van der Waals surface area contributed by atoms with Gasteiger partial charge in [0.1, 0.15) is 5.82 Å². The van der Waals surface area contributed by atoms with Crippen molar-refractivity contribution >= 4 is 17.7 Å². The number of rotatable bonds is 4. The molecule has 33 heavy (non-hydrogen) atoms. The Morgan fingerprint density at radius 1 is 0.939 bits per heavy atom. The van der Waals surface area contributed by atoms with Gasteiger partial charge in [0.25, 0.3) is 0 Å². The number of nitrogens with zero attached hydrogens (tertiary/aromatic N) is 6. The summed E-state index contributed by atoms with van der Waals surface area (Å²) in [6.07, 6.45) is -4.46. The minimum atomic E-state index is -4.42. The Bertz CT molecular complexity index is 982. The minimum Gasteiger partial charge on any atom is -0.354 e. The molecule has 0 N–H and O–H groups in total. The van der Waals surface area contributed by atoms with Crippen LogP contribution >= 0.6 is 0 Å². The molecular formula is C23H29F3N6O. The molecule has 7 nitrogen and oxygen atoms in total. The highest BCUT2D eigenvalue weighted by atomic mass is 19.4. The summed E-state index contributed by atoms with van der Waals surface area (Å²) in [5.41, 5.74) is 0.540. The third-order valence-electron chi connectivity index (χ3n) is 6.18. The second-order valence-electron chi connectivity index (χ2n) is 8.70. The van der Waals surface area contributed by atoms with Gasteiger partial charge in [-0.15, -0.1) is 0 Å². The lowest BCUT2D eigenvalue weighted by atomic mass is 10.1. The molecule has 1 amide bonds. The van der Waals surface area contributed by atoms with Crippen LogP contribution in [0, 0.1) is 6.92 Å². The van der Waals surface area contributed by atoms with Crippen molar-refractivity contribution in [3.8, 4) is 0 Å². The Morgan fingerprint density at radius 2 is 1.61 bits per heavy atom. The number of likely N-dealkylation sites (N-methyl/N-ethyl adjacent to an activating group) is 1. The maximum atomic E-state index is 12.9. The molecule has 0 bridgehead atoms. The molecule has 0 spiro atoms. The molecule has 0 saturated carbocycles. The van der Waals surface area contributed by atoms with Gasteiger partial charge in [0.05, 0.1) is 12.0 Å². The second kappa shape index (κ2) is 9.54. The summed E-state index contributed by atoms with van der Waals surface area (Å²) in [5.74, 6) is 1.42. The van der Waals surface area contributed by atoms with Crippen LogP contribution in [0.1, 0.15) is 16.8 Å². The fraction of sp³-hybridized carbons (Fsp3) is 0.522. The van der Waals surface area contributed by atoms with Gasteiger partial charge in [0, 0.05) is 64.1 Å². The smallest absolute Gasteiger partial charge is 0.354 e. The molecular weight excluding hydrogens is 433 g/mol. The lowest BCUT2D eigenvalue weighted by Crippen LogP contribution is -2.50. The lowest BCUT2D eigenvalue weighted by molar-refractivity contribution is -0.138. The van der Waals surface area contributed by atoms with Crippen LogP contribution in [0.25, 0.3) is 0 Å². The van der Waals surface area contributed by atoms with Crippen LogP contribution in [0.15, 0.2) is 30.3 Å². The van der Waals surface area contributed by atoms with Crippen LogP contribution in [0.2, 0.25) is 0 Å². The van der Waals surface area contributed by atoms with Crippen LogP contribution in [0.5, 0.6) is 0 Å². The number of piperazine rings is 2. The molecule has 0 radical (unpaired) electrons. The molecule has 2 aliphatic heterocycles. The molecule has 1 aromatic heterocycles. The summed E-state index contributed by atoms with van der Waals surface area (Å²) < 4.78 is 38.8. The number of carbonyl (C=O) groups is 1. The molecule has 3 heterocycles. The molecule has 2 aromatic rings. The van der Waals surface area contributed by atoms with Crippen molar-refractivity contribution in [1.29, 1.82) is 0 Å². The lowest BCUT2D eigenvalue weighted by Gasteiger charge is -2.36. The van der Waals surface area contributed by atoms with E-state index in [0.717, 1.165) is 49.8 Å². The highest BCUT2D eigenvalue weighted by Gasteiger charge is 2.31. The number of aryl methyl sites for hydroxylation is 1. The maximum Gasteiger partial charge on any atom is 0.416 e. The fourth-order valence-corrected chi connectivity index (χ4v) is 4.18. The largest absolute Gasteiger partial charge is 0.416 e. The van der Waals surface area contributed by atoms with Crippen molar-refractivity contribution in [2.75, 3.05) is 69.2 Å². The number of anilines is 2. The number of alkyl halides is 3. The zero-order chi connectivity index (χ0) is 23.6. The number of hydrogen-bond donors (Lipinski definition) is 0. The quantitative estimate of drug-likeness (QED) is 0.696. The predicted octanol–water partition coefficient (Wildman–Crippen LogP) is 2.45. The SMILES string of the molecule is Cc1cc(N2CCN(C)CC2)nc(N2CCN(C(=O)Cc3cccc(C(F)(F)F)c3)CC2)n1. The van der Waals surface area contributed by atoms with E-state index in [4.69, 9.17) is 4.98 Å². The number of aromatic nitrogens is 2. The Hall–Kier alpha value is -2.88. The van der Waals surface area contributed by atoms with E-state index in [-0.39, 0.29) is 12.3 Å². The van der Waals surface area contributed by atoms with Crippen LogP contribution in [-0.2, 0) is 17.4 Å². The van der Waals surface area contributed by atoms with Gasteiger partial charge in [-0.25, -0.2) is 4.98 Å². The minimum absolute atomic E-state index is 0.0432. The third kappa shape index (κ3) is 5.73. The number of amides is 1. The number of carbonyl (C=O) groups excluding carboxylic acids is 1. The van der Waals surface area contributed by atoms with Crippen LogP contribution in [0.3, 0.4) is 0 Å². The number of hydrogen-bond acceptors (Lipinski definition) is 6. The summed E-state index contributed by atoms with van der Waals surface area (Å²) >= 11 is 0. The first-order valence-electron chi connectivity index (χ1n) is 11.2. The Labute approximate surface area is 191 Å². The van der Waals surface area contributed by atoms with Crippen molar-refractivity contribution in [3.63, 3.8) is 0 Å². The van der Waals surface area contributed by atoms with Gasteiger partial charge in [-0.05, 0) is 25.6 Å². The highest BCUT2D eigenvalue weighted by Crippen LogP contribution is 2.29. The van der Waals surface area contributed by atoms with Crippen molar-refractivity contribution in [2.24, 2.45) is 0 Å². The van der Waals surface area contributed by atoms with Crippen molar-refractivity contribution < 1.29 is 18.0 Å². The van der Waals surface area contributed by atoms with Gasteiger partial charge in [-0.3, -0.25) is 4.79 Å². The maximum absolute atomic E-state index is 12.9. The van der Waals surface area contributed by atoms with Crippen LogP contribution in [-0.4, -0.2) is 85.1 Å². The molecule has 0 unspecified atom stereocenters. The molecule has 4 rings (SSSR count). The molecule has 178 valence electrons. The van der Waals surface area contributed by atoms with Crippen molar-refractivity contribution in [2.45, 2.75) is 19.5 Å². The number of halogens is 3. The molecule has 2 saturated heterocycles. The Morgan fingerprint density at radius 3 is 2.27 bits per heavy atom. The summed E-state index contributed by atoms with van der Waals surface area (Å²) in [5, 5.41) is 0. The first kappa shape index (κ1) is 23.3. The zero-order valence-electron chi connectivity index (χ0n) is 19.0. The molecule has 2 aliphatic rings. The highest BCUT2D eigenvalue weighted by molar-refractivity contribution is 5.79. The van der Waals surface area contributed by atoms with Gasteiger partial charge < -0.3 is 19.6 Å². The third-order valence-corrected chi connectivity index (χ3v) is 6.18. The van der Waals surface area contributed by atoms with E-state index in [1.807, 2.05) is 13.0 Å². The normalized spacial score (nSPS) is 18.0. The average molecular weight is 463 g/mol. The monoisotopic (exact) mass is 462 g/mol.